The summed E-state index contributed by atoms with van der Waals surface area (Å²) in [5, 5.41) is 2.94. The molecule has 2 bridgehead atoms. The van der Waals surface area contributed by atoms with Crippen molar-refractivity contribution in [3.8, 4) is 5.75 Å². The minimum Gasteiger partial charge on any atom is -0.494 e. The summed E-state index contributed by atoms with van der Waals surface area (Å²) >= 11 is 0. The van der Waals surface area contributed by atoms with Gasteiger partial charge in [0.15, 0.2) is 0 Å². The lowest BCUT2D eigenvalue weighted by molar-refractivity contribution is -0.141. The maximum Gasteiger partial charge on any atom is 0.238 e. The molecule has 2 fully saturated rings. The Bertz CT molecular complexity index is 605. The number of hydrogen-bond acceptors (Lipinski definition) is 3. The first kappa shape index (κ1) is 15.1. The summed E-state index contributed by atoms with van der Waals surface area (Å²) in [4.78, 5) is 25.3. The van der Waals surface area contributed by atoms with Crippen molar-refractivity contribution in [1.29, 1.82) is 0 Å². The van der Waals surface area contributed by atoms with E-state index >= 15 is 0 Å². The van der Waals surface area contributed by atoms with E-state index in [1.165, 1.54) is 0 Å². The number of benzene rings is 1. The molecule has 2 unspecified atom stereocenters. The molecule has 1 amide bonds. The minimum absolute atomic E-state index is 0.109. The van der Waals surface area contributed by atoms with Gasteiger partial charge in [0.05, 0.1) is 6.61 Å². The molecule has 0 radical (unpaired) electrons. The largest absolute Gasteiger partial charge is 0.494 e. The van der Waals surface area contributed by atoms with E-state index < -0.39 is 5.41 Å². The van der Waals surface area contributed by atoms with Gasteiger partial charge in [-0.3, -0.25) is 9.59 Å². The van der Waals surface area contributed by atoms with Gasteiger partial charge in [0.2, 0.25) is 5.91 Å². The predicted molar refractivity (Wildman–Crippen MR) is 84.8 cm³/mol. The van der Waals surface area contributed by atoms with Gasteiger partial charge in [-0.25, -0.2) is 0 Å². The summed E-state index contributed by atoms with van der Waals surface area (Å²) in [5.74, 6) is 1.08. The van der Waals surface area contributed by atoms with Crippen LogP contribution in [0.15, 0.2) is 24.3 Å². The van der Waals surface area contributed by atoms with Crippen LogP contribution in [0, 0.1) is 16.7 Å². The monoisotopic (exact) mass is 301 g/mol. The number of carbonyl (C=O) groups excluding carboxylic acids is 2. The molecule has 3 rings (SSSR count). The number of Topliss-reactive ketones (excluding diaryl/α,β-unsaturated/α-hetero) is 1. The number of ether oxygens (including phenoxy) is 1. The summed E-state index contributed by atoms with van der Waals surface area (Å²) in [6.07, 6.45) is 2.19. The van der Waals surface area contributed by atoms with Crippen molar-refractivity contribution in [2.24, 2.45) is 16.7 Å². The SMILES string of the molecule is CCOc1ccc(NC(=O)C23CCC(CC2=O)C3(C)C)cc1. The van der Waals surface area contributed by atoms with Crippen LogP contribution in [0.3, 0.4) is 0 Å². The van der Waals surface area contributed by atoms with Crippen molar-refractivity contribution in [3.63, 3.8) is 0 Å². The van der Waals surface area contributed by atoms with Crippen molar-refractivity contribution in [2.45, 2.75) is 40.0 Å². The fraction of sp³-hybridized carbons (Fsp3) is 0.556. The summed E-state index contributed by atoms with van der Waals surface area (Å²) in [7, 11) is 0. The van der Waals surface area contributed by atoms with Crippen LogP contribution in [0.2, 0.25) is 0 Å². The number of ketones is 1. The van der Waals surface area contributed by atoms with Gasteiger partial charge in [-0.15, -0.1) is 0 Å². The number of fused-ring (bicyclic) bond motifs is 2. The molecular weight excluding hydrogens is 278 g/mol. The van der Waals surface area contributed by atoms with E-state index in [0.717, 1.165) is 12.2 Å². The number of carbonyl (C=O) groups is 2. The summed E-state index contributed by atoms with van der Waals surface area (Å²) in [6.45, 7) is 6.67. The zero-order valence-corrected chi connectivity index (χ0v) is 13.4. The van der Waals surface area contributed by atoms with Gasteiger partial charge in [0, 0.05) is 12.1 Å². The van der Waals surface area contributed by atoms with Gasteiger partial charge in [-0.1, -0.05) is 13.8 Å². The molecule has 2 saturated carbocycles. The second-order valence-electron chi connectivity index (χ2n) is 6.90. The van der Waals surface area contributed by atoms with E-state index in [4.69, 9.17) is 4.74 Å². The van der Waals surface area contributed by atoms with Crippen molar-refractivity contribution in [3.05, 3.63) is 24.3 Å². The summed E-state index contributed by atoms with van der Waals surface area (Å²) < 4.78 is 5.40. The molecule has 0 spiro atoms. The predicted octanol–water partition coefficient (Wildman–Crippen LogP) is 3.42. The molecule has 2 aliphatic rings. The van der Waals surface area contributed by atoms with E-state index in [1.54, 1.807) is 0 Å². The van der Waals surface area contributed by atoms with Crippen LogP contribution in [0.5, 0.6) is 5.75 Å². The zero-order valence-electron chi connectivity index (χ0n) is 13.4. The quantitative estimate of drug-likeness (QED) is 0.867. The number of hydrogen-bond donors (Lipinski definition) is 1. The fourth-order valence-electron chi connectivity index (χ4n) is 4.25. The molecule has 22 heavy (non-hydrogen) atoms. The number of nitrogens with one attached hydrogen (secondary N) is 1. The maximum atomic E-state index is 12.9. The molecule has 1 aromatic rings. The second kappa shape index (κ2) is 5.11. The van der Waals surface area contributed by atoms with Gasteiger partial charge < -0.3 is 10.1 Å². The van der Waals surface area contributed by atoms with Gasteiger partial charge in [-0.2, -0.15) is 0 Å². The molecule has 4 nitrogen and oxygen atoms in total. The smallest absolute Gasteiger partial charge is 0.238 e. The van der Waals surface area contributed by atoms with Crippen LogP contribution in [0.1, 0.15) is 40.0 Å². The molecule has 4 heteroatoms. The summed E-state index contributed by atoms with van der Waals surface area (Å²) in [5.41, 5.74) is -0.392. The number of anilines is 1. The molecule has 0 aromatic heterocycles. The molecule has 2 atom stereocenters. The van der Waals surface area contributed by atoms with Crippen LogP contribution >= 0.6 is 0 Å². The third kappa shape index (κ3) is 1.97. The Kier molecular flexibility index (Phi) is 3.50. The molecule has 1 aromatic carbocycles. The molecular formula is C18H23NO3. The standard InChI is InChI=1S/C18H23NO3/c1-4-22-14-7-5-13(6-8-14)19-16(21)18-10-9-12(11-15(18)20)17(18,2)3/h5-8,12H,4,9-11H2,1-3H3,(H,19,21). The Labute approximate surface area is 131 Å². The van der Waals surface area contributed by atoms with Crippen molar-refractivity contribution in [2.75, 3.05) is 11.9 Å². The molecule has 0 saturated heterocycles. The molecule has 1 N–H and O–H groups in total. The van der Waals surface area contributed by atoms with Crippen LogP contribution in [-0.2, 0) is 9.59 Å². The average Bonchev–Trinajstić information content (AvgIpc) is 2.84. The Balaban J connectivity index is 1.81. The minimum atomic E-state index is -0.851. The Morgan fingerprint density at radius 1 is 1.32 bits per heavy atom. The third-order valence-electron chi connectivity index (χ3n) is 5.71. The molecule has 0 aliphatic heterocycles. The molecule has 2 aliphatic carbocycles. The van der Waals surface area contributed by atoms with Crippen LogP contribution in [-0.4, -0.2) is 18.3 Å². The Morgan fingerprint density at radius 2 is 2.00 bits per heavy atom. The average molecular weight is 301 g/mol. The highest BCUT2D eigenvalue weighted by Gasteiger charge is 2.68. The van der Waals surface area contributed by atoms with Crippen molar-refractivity contribution < 1.29 is 14.3 Å². The first-order valence-electron chi connectivity index (χ1n) is 7.99. The van der Waals surface area contributed by atoms with Crippen LogP contribution < -0.4 is 10.1 Å². The Hall–Kier alpha value is -1.84. The molecule has 0 heterocycles. The van der Waals surface area contributed by atoms with Gasteiger partial charge in [0.1, 0.15) is 16.9 Å². The highest BCUT2D eigenvalue weighted by molar-refractivity contribution is 6.14. The zero-order chi connectivity index (χ0) is 16.0. The first-order valence-corrected chi connectivity index (χ1v) is 7.99. The van der Waals surface area contributed by atoms with Crippen molar-refractivity contribution in [1.82, 2.24) is 0 Å². The van der Waals surface area contributed by atoms with E-state index in [2.05, 4.69) is 19.2 Å². The normalized spacial score (nSPS) is 28.7. The topological polar surface area (TPSA) is 55.4 Å². The van der Waals surface area contributed by atoms with E-state index in [9.17, 15) is 9.59 Å². The lowest BCUT2D eigenvalue weighted by Crippen LogP contribution is -2.46. The lowest BCUT2D eigenvalue weighted by atomic mass is 9.68. The second-order valence-corrected chi connectivity index (χ2v) is 6.90. The maximum absolute atomic E-state index is 12.9. The van der Waals surface area contributed by atoms with E-state index in [0.29, 0.717) is 31.1 Å². The van der Waals surface area contributed by atoms with Crippen LogP contribution in [0.25, 0.3) is 0 Å². The van der Waals surface area contributed by atoms with Gasteiger partial charge in [-0.05, 0) is 55.4 Å². The van der Waals surface area contributed by atoms with E-state index in [1.807, 2.05) is 31.2 Å². The Morgan fingerprint density at radius 3 is 2.50 bits per heavy atom. The van der Waals surface area contributed by atoms with Crippen LogP contribution in [0.4, 0.5) is 5.69 Å². The first-order chi connectivity index (χ1) is 10.4. The molecule has 118 valence electrons. The highest BCUT2D eigenvalue weighted by Crippen LogP contribution is 2.64. The van der Waals surface area contributed by atoms with Gasteiger partial charge >= 0.3 is 0 Å². The van der Waals surface area contributed by atoms with Crippen molar-refractivity contribution >= 4 is 17.4 Å². The summed E-state index contributed by atoms with van der Waals surface area (Å²) in [6, 6.07) is 7.29. The fourth-order valence-corrected chi connectivity index (χ4v) is 4.25. The number of amides is 1. The number of rotatable bonds is 4. The highest BCUT2D eigenvalue weighted by atomic mass is 16.5. The van der Waals surface area contributed by atoms with E-state index in [-0.39, 0.29) is 17.1 Å². The lowest BCUT2D eigenvalue weighted by Gasteiger charge is -2.34. The van der Waals surface area contributed by atoms with Gasteiger partial charge in [0.25, 0.3) is 0 Å². The third-order valence-corrected chi connectivity index (χ3v) is 5.71.